The van der Waals surface area contributed by atoms with E-state index in [1.807, 2.05) is 18.2 Å². The molecular weight excluding hydrogens is 226 g/mol. The van der Waals surface area contributed by atoms with Crippen molar-refractivity contribution < 1.29 is 4.74 Å². The number of benzene rings is 1. The molecule has 0 aliphatic rings. The highest BCUT2D eigenvalue weighted by Crippen LogP contribution is 2.23. The molecule has 5 heteroatoms. The first kappa shape index (κ1) is 10.8. The number of aromatic amines is 1. The maximum Gasteiger partial charge on any atom is 0.145 e. The molecule has 0 unspecified atom stereocenters. The lowest BCUT2D eigenvalue weighted by Crippen LogP contribution is -2.01. The van der Waals surface area contributed by atoms with Gasteiger partial charge in [-0.3, -0.25) is 5.10 Å². The van der Waals surface area contributed by atoms with Crippen LogP contribution in [0.15, 0.2) is 30.3 Å². The van der Waals surface area contributed by atoms with Gasteiger partial charge in [-0.05, 0) is 12.1 Å². The maximum absolute atomic E-state index is 5.94. The molecule has 1 aromatic carbocycles. The molecule has 0 saturated heterocycles. The van der Waals surface area contributed by atoms with Crippen molar-refractivity contribution in [3.8, 4) is 5.75 Å². The summed E-state index contributed by atoms with van der Waals surface area (Å²) in [5.41, 5.74) is 6.43. The standard InChI is InChI=1S/C11H12ClN3O/c12-9-3-1-2-4-10(9)16-6-5-8-7-11(13)15-14-8/h1-4,7H,5-6H2,(H3,13,14,15). The predicted octanol–water partition coefficient (Wildman–Crippen LogP) is 2.27. The number of nitrogens with one attached hydrogen (secondary N) is 1. The van der Waals surface area contributed by atoms with Crippen LogP contribution < -0.4 is 10.5 Å². The summed E-state index contributed by atoms with van der Waals surface area (Å²) in [6.45, 7) is 0.533. The van der Waals surface area contributed by atoms with Gasteiger partial charge in [0.05, 0.1) is 11.6 Å². The lowest BCUT2D eigenvalue weighted by Gasteiger charge is -2.06. The highest BCUT2D eigenvalue weighted by Gasteiger charge is 2.01. The minimum Gasteiger partial charge on any atom is -0.492 e. The summed E-state index contributed by atoms with van der Waals surface area (Å²) in [7, 11) is 0. The third-order valence-corrected chi connectivity index (χ3v) is 2.43. The molecule has 0 fully saturated rings. The summed E-state index contributed by atoms with van der Waals surface area (Å²) >= 11 is 5.94. The smallest absolute Gasteiger partial charge is 0.145 e. The van der Waals surface area contributed by atoms with Gasteiger partial charge >= 0.3 is 0 Å². The molecule has 0 atom stereocenters. The molecule has 3 N–H and O–H groups in total. The Kier molecular flexibility index (Phi) is 3.31. The number of rotatable bonds is 4. The summed E-state index contributed by atoms with van der Waals surface area (Å²) in [6, 6.07) is 9.17. The van der Waals surface area contributed by atoms with Gasteiger partial charge in [0.1, 0.15) is 11.6 Å². The van der Waals surface area contributed by atoms with Gasteiger partial charge in [0.15, 0.2) is 0 Å². The topological polar surface area (TPSA) is 63.9 Å². The Morgan fingerprint density at radius 2 is 2.19 bits per heavy atom. The fourth-order valence-corrected chi connectivity index (χ4v) is 1.53. The Balaban J connectivity index is 1.87. The van der Waals surface area contributed by atoms with Gasteiger partial charge in [-0.15, -0.1) is 0 Å². The lowest BCUT2D eigenvalue weighted by molar-refractivity contribution is 0.320. The minimum absolute atomic E-state index is 0.493. The molecule has 2 aromatic rings. The van der Waals surface area contributed by atoms with Crippen LogP contribution in [0.3, 0.4) is 0 Å². The van der Waals surface area contributed by atoms with Crippen LogP contribution in [0.4, 0.5) is 5.82 Å². The highest BCUT2D eigenvalue weighted by molar-refractivity contribution is 6.32. The van der Waals surface area contributed by atoms with E-state index in [2.05, 4.69) is 10.2 Å². The van der Waals surface area contributed by atoms with E-state index >= 15 is 0 Å². The van der Waals surface area contributed by atoms with E-state index in [-0.39, 0.29) is 0 Å². The zero-order valence-corrected chi connectivity index (χ0v) is 9.37. The zero-order chi connectivity index (χ0) is 11.4. The molecule has 84 valence electrons. The normalized spacial score (nSPS) is 10.3. The van der Waals surface area contributed by atoms with Gasteiger partial charge < -0.3 is 10.5 Å². The monoisotopic (exact) mass is 237 g/mol. The highest BCUT2D eigenvalue weighted by atomic mass is 35.5. The number of nitrogens with zero attached hydrogens (tertiary/aromatic N) is 1. The van der Waals surface area contributed by atoms with Crippen LogP contribution in [0.25, 0.3) is 0 Å². The third-order valence-electron chi connectivity index (χ3n) is 2.12. The zero-order valence-electron chi connectivity index (χ0n) is 8.61. The molecule has 0 bridgehead atoms. The average molecular weight is 238 g/mol. The molecule has 2 rings (SSSR count). The number of hydrogen-bond donors (Lipinski definition) is 2. The molecular formula is C11H12ClN3O. The first-order valence-corrected chi connectivity index (χ1v) is 5.30. The minimum atomic E-state index is 0.493. The number of aromatic nitrogens is 2. The summed E-state index contributed by atoms with van der Waals surface area (Å²) in [4.78, 5) is 0. The van der Waals surface area contributed by atoms with Crippen molar-refractivity contribution in [2.75, 3.05) is 12.3 Å². The largest absolute Gasteiger partial charge is 0.492 e. The molecule has 0 saturated carbocycles. The van der Waals surface area contributed by atoms with Crippen molar-refractivity contribution in [2.24, 2.45) is 0 Å². The Bertz CT molecular complexity index is 470. The van der Waals surface area contributed by atoms with E-state index < -0.39 is 0 Å². The summed E-state index contributed by atoms with van der Waals surface area (Å²) in [5.74, 6) is 1.18. The molecule has 0 spiro atoms. The van der Waals surface area contributed by atoms with Crippen LogP contribution in [-0.2, 0) is 6.42 Å². The first-order chi connectivity index (χ1) is 7.75. The number of nitrogen functional groups attached to an aromatic ring is 1. The number of nitrogens with two attached hydrogens (primary N) is 1. The number of halogens is 1. The van der Waals surface area contributed by atoms with Crippen LogP contribution in [-0.4, -0.2) is 16.8 Å². The fraction of sp³-hybridized carbons (Fsp3) is 0.182. The van der Waals surface area contributed by atoms with Gasteiger partial charge in [0.25, 0.3) is 0 Å². The lowest BCUT2D eigenvalue weighted by atomic mass is 10.3. The molecule has 1 heterocycles. The SMILES string of the molecule is Nc1cc(CCOc2ccccc2Cl)[nH]n1. The molecule has 0 aliphatic heterocycles. The van der Waals surface area contributed by atoms with Crippen molar-refractivity contribution in [1.82, 2.24) is 10.2 Å². The van der Waals surface area contributed by atoms with E-state index in [0.29, 0.717) is 23.2 Å². The average Bonchev–Trinajstić information content (AvgIpc) is 2.67. The van der Waals surface area contributed by atoms with Crippen LogP contribution >= 0.6 is 11.6 Å². The van der Waals surface area contributed by atoms with Crippen molar-refractivity contribution in [2.45, 2.75) is 6.42 Å². The van der Waals surface area contributed by atoms with Crippen LogP contribution in [0, 0.1) is 0 Å². The second-order valence-corrected chi connectivity index (χ2v) is 3.75. The number of ether oxygens (including phenoxy) is 1. The van der Waals surface area contributed by atoms with Gasteiger partial charge in [-0.1, -0.05) is 23.7 Å². The van der Waals surface area contributed by atoms with E-state index in [4.69, 9.17) is 22.1 Å². The maximum atomic E-state index is 5.94. The molecule has 4 nitrogen and oxygen atoms in total. The van der Waals surface area contributed by atoms with Gasteiger partial charge in [-0.2, -0.15) is 5.10 Å². The van der Waals surface area contributed by atoms with E-state index in [9.17, 15) is 0 Å². The Labute approximate surface area is 98.4 Å². The number of para-hydroxylation sites is 1. The summed E-state index contributed by atoms with van der Waals surface area (Å²) in [6.07, 6.45) is 0.718. The predicted molar refractivity (Wildman–Crippen MR) is 63.7 cm³/mol. The van der Waals surface area contributed by atoms with E-state index in [1.54, 1.807) is 12.1 Å². The first-order valence-electron chi connectivity index (χ1n) is 4.93. The van der Waals surface area contributed by atoms with E-state index in [1.165, 1.54) is 0 Å². The Morgan fingerprint density at radius 1 is 1.38 bits per heavy atom. The number of hydrogen-bond acceptors (Lipinski definition) is 3. The molecule has 0 radical (unpaired) electrons. The van der Waals surface area contributed by atoms with Crippen LogP contribution in [0.2, 0.25) is 5.02 Å². The van der Waals surface area contributed by atoms with Gasteiger partial charge in [-0.25, -0.2) is 0 Å². The van der Waals surface area contributed by atoms with Crippen LogP contribution in [0.1, 0.15) is 5.69 Å². The van der Waals surface area contributed by atoms with E-state index in [0.717, 1.165) is 12.1 Å². The third kappa shape index (κ3) is 2.67. The second kappa shape index (κ2) is 4.90. The number of anilines is 1. The quantitative estimate of drug-likeness (QED) is 0.858. The van der Waals surface area contributed by atoms with Crippen molar-refractivity contribution in [1.29, 1.82) is 0 Å². The number of H-pyrrole nitrogens is 1. The van der Waals surface area contributed by atoms with Crippen molar-refractivity contribution in [3.05, 3.63) is 41.0 Å². The Hall–Kier alpha value is -1.68. The molecule has 16 heavy (non-hydrogen) atoms. The summed E-state index contributed by atoms with van der Waals surface area (Å²) < 4.78 is 5.53. The summed E-state index contributed by atoms with van der Waals surface area (Å²) in [5, 5.41) is 7.27. The van der Waals surface area contributed by atoms with Gasteiger partial charge in [0.2, 0.25) is 0 Å². The van der Waals surface area contributed by atoms with Crippen molar-refractivity contribution in [3.63, 3.8) is 0 Å². The second-order valence-electron chi connectivity index (χ2n) is 3.35. The molecule has 0 aliphatic carbocycles. The molecule has 0 amide bonds. The molecule has 1 aromatic heterocycles. The van der Waals surface area contributed by atoms with Gasteiger partial charge in [0, 0.05) is 18.2 Å². The fourth-order valence-electron chi connectivity index (χ4n) is 1.34. The van der Waals surface area contributed by atoms with Crippen molar-refractivity contribution >= 4 is 17.4 Å². The Morgan fingerprint density at radius 3 is 2.88 bits per heavy atom. The van der Waals surface area contributed by atoms with Crippen LogP contribution in [0.5, 0.6) is 5.75 Å².